The van der Waals surface area contributed by atoms with E-state index in [2.05, 4.69) is 15.7 Å². The van der Waals surface area contributed by atoms with Crippen molar-refractivity contribution in [1.29, 1.82) is 0 Å². The summed E-state index contributed by atoms with van der Waals surface area (Å²) >= 11 is 12.0. The van der Waals surface area contributed by atoms with Gasteiger partial charge in [0.25, 0.3) is 0 Å². The van der Waals surface area contributed by atoms with Crippen LogP contribution in [0.1, 0.15) is 6.92 Å². The number of rotatable bonds is 5. The molecule has 7 heteroatoms. The molecule has 2 rings (SSSR count). The molecule has 20 heavy (non-hydrogen) atoms. The van der Waals surface area contributed by atoms with Gasteiger partial charge < -0.3 is 15.5 Å². The van der Waals surface area contributed by atoms with E-state index in [9.17, 15) is 0 Å². The van der Waals surface area contributed by atoms with Crippen molar-refractivity contribution in [3.05, 3.63) is 40.4 Å². The molecule has 1 aromatic heterocycles. The fourth-order valence-electron chi connectivity index (χ4n) is 1.59. The van der Waals surface area contributed by atoms with E-state index in [1.807, 2.05) is 31.2 Å². The number of nitrogens with two attached hydrogens (primary N) is 1. The summed E-state index contributed by atoms with van der Waals surface area (Å²) in [6, 6.07) is 9.03. The van der Waals surface area contributed by atoms with Crippen molar-refractivity contribution < 1.29 is 4.74 Å². The summed E-state index contributed by atoms with van der Waals surface area (Å²) in [5, 5.41) is 3.85. The van der Waals surface area contributed by atoms with Gasteiger partial charge in [-0.3, -0.25) is 0 Å². The van der Waals surface area contributed by atoms with Crippen LogP contribution < -0.4 is 21.3 Å². The number of hydrogen-bond acceptors (Lipinski definition) is 5. The number of pyridine rings is 1. The van der Waals surface area contributed by atoms with Crippen molar-refractivity contribution in [3.8, 4) is 5.75 Å². The third-order valence-corrected chi connectivity index (χ3v) is 3.07. The molecular weight excluding hydrogens is 299 g/mol. The molecule has 5 nitrogen and oxygen atoms in total. The number of nitrogens with zero attached hydrogens (tertiary/aromatic N) is 1. The topological polar surface area (TPSA) is 72.2 Å². The quantitative estimate of drug-likeness (QED) is 0.578. The Morgan fingerprint density at radius 3 is 2.40 bits per heavy atom. The first-order valence-electron chi connectivity index (χ1n) is 5.96. The van der Waals surface area contributed by atoms with Gasteiger partial charge in [0.15, 0.2) is 11.6 Å². The molecule has 0 aliphatic heterocycles. The number of nitrogen functional groups attached to an aromatic ring is 1. The highest BCUT2D eigenvalue weighted by Crippen LogP contribution is 2.30. The van der Waals surface area contributed by atoms with Crippen LogP contribution in [0.25, 0.3) is 0 Å². The average Bonchev–Trinajstić information content (AvgIpc) is 2.44. The summed E-state index contributed by atoms with van der Waals surface area (Å²) in [5.41, 5.74) is 3.24. The molecule has 0 bridgehead atoms. The van der Waals surface area contributed by atoms with E-state index in [0.717, 1.165) is 11.4 Å². The summed E-state index contributed by atoms with van der Waals surface area (Å²) in [4.78, 5) is 4.20. The van der Waals surface area contributed by atoms with Gasteiger partial charge in [-0.05, 0) is 37.3 Å². The molecule has 0 saturated heterocycles. The van der Waals surface area contributed by atoms with E-state index in [1.165, 1.54) is 0 Å². The Balaban J connectivity index is 2.21. The summed E-state index contributed by atoms with van der Waals surface area (Å²) in [6.07, 6.45) is 0. The molecular formula is C13H14Cl2N4O. The number of halogens is 2. The molecule has 0 spiro atoms. The van der Waals surface area contributed by atoms with E-state index in [0.29, 0.717) is 28.3 Å². The molecule has 1 heterocycles. The lowest BCUT2D eigenvalue weighted by Crippen LogP contribution is -2.10. The van der Waals surface area contributed by atoms with Crippen molar-refractivity contribution in [2.45, 2.75) is 6.92 Å². The molecule has 0 amide bonds. The molecule has 0 fully saturated rings. The Kier molecular flexibility index (Phi) is 4.89. The number of hydrazine groups is 1. The second-order valence-corrected chi connectivity index (χ2v) is 4.69. The minimum absolute atomic E-state index is 0.351. The summed E-state index contributed by atoms with van der Waals surface area (Å²) in [7, 11) is 0. The van der Waals surface area contributed by atoms with Gasteiger partial charge in [0.05, 0.1) is 16.7 Å². The van der Waals surface area contributed by atoms with E-state index in [1.54, 1.807) is 6.07 Å². The van der Waals surface area contributed by atoms with Gasteiger partial charge in [0, 0.05) is 5.69 Å². The number of nitrogens with one attached hydrogen (secondary N) is 2. The van der Waals surface area contributed by atoms with Gasteiger partial charge in [0.2, 0.25) is 0 Å². The van der Waals surface area contributed by atoms with Crippen LogP contribution in [-0.2, 0) is 0 Å². The Hall–Kier alpha value is -1.69. The predicted molar refractivity (Wildman–Crippen MR) is 83.0 cm³/mol. The first-order valence-corrected chi connectivity index (χ1v) is 6.72. The molecule has 0 atom stereocenters. The van der Waals surface area contributed by atoms with Crippen molar-refractivity contribution in [2.75, 3.05) is 17.3 Å². The maximum Gasteiger partial charge on any atom is 0.161 e. The van der Waals surface area contributed by atoms with Crippen LogP contribution in [0, 0.1) is 0 Å². The third kappa shape index (κ3) is 3.45. The Bertz CT molecular complexity index is 590. The van der Waals surface area contributed by atoms with Gasteiger partial charge >= 0.3 is 0 Å². The van der Waals surface area contributed by atoms with E-state index < -0.39 is 0 Å². The van der Waals surface area contributed by atoms with Crippen molar-refractivity contribution in [3.63, 3.8) is 0 Å². The SMILES string of the molecule is CCOc1ccc(Nc2nc(NN)c(Cl)cc2Cl)cc1. The van der Waals surface area contributed by atoms with Crippen LogP contribution in [0.3, 0.4) is 0 Å². The van der Waals surface area contributed by atoms with E-state index in [4.69, 9.17) is 33.8 Å². The van der Waals surface area contributed by atoms with E-state index in [-0.39, 0.29) is 0 Å². The summed E-state index contributed by atoms with van der Waals surface area (Å²) in [5.74, 6) is 6.95. The molecule has 0 aliphatic carbocycles. The van der Waals surface area contributed by atoms with Gasteiger partial charge in [-0.15, -0.1) is 0 Å². The molecule has 0 saturated carbocycles. The molecule has 106 valence electrons. The Morgan fingerprint density at radius 2 is 1.80 bits per heavy atom. The van der Waals surface area contributed by atoms with Crippen molar-refractivity contribution >= 4 is 40.5 Å². The molecule has 1 aromatic carbocycles. The highest BCUT2D eigenvalue weighted by molar-refractivity contribution is 6.37. The van der Waals surface area contributed by atoms with Crippen LogP contribution in [0.5, 0.6) is 5.75 Å². The van der Waals surface area contributed by atoms with Gasteiger partial charge in [0.1, 0.15) is 5.75 Å². The standard InChI is InChI=1S/C13H14Cl2N4O/c1-2-20-9-5-3-8(4-6-9)17-12-10(14)7-11(15)13(18-12)19-16/h3-7H,2,16H2,1H3,(H2,17,18,19). The molecule has 2 aromatic rings. The Morgan fingerprint density at radius 1 is 1.15 bits per heavy atom. The minimum atomic E-state index is 0.351. The largest absolute Gasteiger partial charge is 0.494 e. The summed E-state index contributed by atoms with van der Waals surface area (Å²) in [6.45, 7) is 2.56. The molecule has 0 radical (unpaired) electrons. The zero-order valence-electron chi connectivity index (χ0n) is 10.8. The maximum atomic E-state index is 6.09. The number of aromatic nitrogens is 1. The third-order valence-electron chi connectivity index (χ3n) is 2.49. The van der Waals surface area contributed by atoms with E-state index >= 15 is 0 Å². The monoisotopic (exact) mass is 312 g/mol. The van der Waals surface area contributed by atoms with Crippen LogP contribution in [0.2, 0.25) is 10.0 Å². The number of benzene rings is 1. The fraction of sp³-hybridized carbons (Fsp3) is 0.154. The lowest BCUT2D eigenvalue weighted by molar-refractivity contribution is 0.340. The average molecular weight is 313 g/mol. The normalized spacial score (nSPS) is 10.2. The van der Waals surface area contributed by atoms with Crippen LogP contribution in [-0.4, -0.2) is 11.6 Å². The number of hydrogen-bond donors (Lipinski definition) is 3. The minimum Gasteiger partial charge on any atom is -0.494 e. The highest BCUT2D eigenvalue weighted by atomic mass is 35.5. The molecule has 0 unspecified atom stereocenters. The molecule has 0 aliphatic rings. The zero-order chi connectivity index (χ0) is 14.5. The number of anilines is 3. The highest BCUT2D eigenvalue weighted by Gasteiger charge is 2.09. The van der Waals surface area contributed by atoms with Gasteiger partial charge in [-0.1, -0.05) is 23.2 Å². The lowest BCUT2D eigenvalue weighted by Gasteiger charge is -2.11. The van der Waals surface area contributed by atoms with Crippen LogP contribution >= 0.6 is 23.2 Å². The van der Waals surface area contributed by atoms with Crippen LogP contribution in [0.15, 0.2) is 30.3 Å². The first-order chi connectivity index (χ1) is 9.63. The second kappa shape index (κ2) is 6.65. The van der Waals surface area contributed by atoms with Crippen molar-refractivity contribution in [1.82, 2.24) is 4.98 Å². The first kappa shape index (κ1) is 14.7. The summed E-state index contributed by atoms with van der Waals surface area (Å²) < 4.78 is 5.37. The maximum absolute atomic E-state index is 6.09. The lowest BCUT2D eigenvalue weighted by atomic mass is 10.3. The molecule has 4 N–H and O–H groups in total. The second-order valence-electron chi connectivity index (χ2n) is 3.88. The van der Waals surface area contributed by atoms with Crippen molar-refractivity contribution in [2.24, 2.45) is 5.84 Å². The van der Waals surface area contributed by atoms with Crippen LogP contribution in [0.4, 0.5) is 17.3 Å². The number of ether oxygens (including phenoxy) is 1. The van der Waals surface area contributed by atoms with Gasteiger partial charge in [-0.2, -0.15) is 0 Å². The zero-order valence-corrected chi connectivity index (χ0v) is 12.3. The fourth-order valence-corrected chi connectivity index (χ4v) is 2.05. The predicted octanol–water partition coefficient (Wildman–Crippen LogP) is 3.82. The Labute approximate surface area is 127 Å². The smallest absolute Gasteiger partial charge is 0.161 e. The van der Waals surface area contributed by atoms with Gasteiger partial charge in [-0.25, -0.2) is 10.8 Å².